The maximum Gasteiger partial charge on any atom is 0.228 e. The van der Waals surface area contributed by atoms with E-state index in [0.29, 0.717) is 12.5 Å². The van der Waals surface area contributed by atoms with E-state index in [0.717, 1.165) is 31.0 Å². The summed E-state index contributed by atoms with van der Waals surface area (Å²) in [7, 11) is 0. The van der Waals surface area contributed by atoms with Gasteiger partial charge in [0.25, 0.3) is 0 Å². The summed E-state index contributed by atoms with van der Waals surface area (Å²) in [6, 6.07) is 8.26. The molecule has 1 atom stereocenters. The van der Waals surface area contributed by atoms with Crippen LogP contribution in [0.3, 0.4) is 0 Å². The lowest BCUT2D eigenvalue weighted by Crippen LogP contribution is -2.51. The molecule has 3 rings (SSSR count). The normalized spacial score (nSPS) is 18.5. The maximum atomic E-state index is 12.9. The highest BCUT2D eigenvalue weighted by Gasteiger charge is 2.21. The van der Waals surface area contributed by atoms with Gasteiger partial charge in [0.1, 0.15) is 5.82 Å². The number of carbonyl (C=O) groups excluding carboxylic acids is 1. The van der Waals surface area contributed by atoms with Crippen molar-refractivity contribution in [1.29, 1.82) is 0 Å². The lowest BCUT2D eigenvalue weighted by Gasteiger charge is -2.31. The van der Waals surface area contributed by atoms with Gasteiger partial charge in [-0.25, -0.2) is 9.07 Å². The Morgan fingerprint density at radius 1 is 1.36 bits per heavy atom. The molecule has 0 bridgehead atoms. The molecule has 0 saturated carbocycles. The smallest absolute Gasteiger partial charge is 0.228 e. The lowest BCUT2D eigenvalue weighted by atomic mass is 10.2. The molecule has 22 heavy (non-hydrogen) atoms. The number of nitrogens with one attached hydrogen (secondary N) is 1. The van der Waals surface area contributed by atoms with Crippen molar-refractivity contribution in [3.63, 3.8) is 0 Å². The number of benzene rings is 1. The van der Waals surface area contributed by atoms with Gasteiger partial charge in [-0.05, 0) is 37.3 Å². The number of rotatable bonds is 3. The van der Waals surface area contributed by atoms with Crippen LogP contribution in [0.4, 0.5) is 4.39 Å². The zero-order valence-electron chi connectivity index (χ0n) is 12.5. The van der Waals surface area contributed by atoms with Gasteiger partial charge in [-0.1, -0.05) is 0 Å². The third-order valence-electron chi connectivity index (χ3n) is 3.79. The molecule has 1 fully saturated rings. The summed E-state index contributed by atoms with van der Waals surface area (Å²) < 4.78 is 14.6. The number of piperazine rings is 1. The van der Waals surface area contributed by atoms with E-state index >= 15 is 0 Å². The van der Waals surface area contributed by atoms with E-state index < -0.39 is 0 Å². The molecule has 5 nitrogen and oxygen atoms in total. The number of carbonyl (C=O) groups is 1. The third-order valence-corrected chi connectivity index (χ3v) is 3.79. The highest BCUT2D eigenvalue weighted by molar-refractivity contribution is 5.78. The van der Waals surface area contributed by atoms with E-state index in [9.17, 15) is 9.18 Å². The average molecular weight is 302 g/mol. The predicted molar refractivity (Wildman–Crippen MR) is 81.3 cm³/mol. The molecule has 116 valence electrons. The van der Waals surface area contributed by atoms with Crippen molar-refractivity contribution in [3.8, 4) is 5.69 Å². The van der Waals surface area contributed by atoms with Gasteiger partial charge in [0.2, 0.25) is 5.91 Å². The Morgan fingerprint density at radius 2 is 2.14 bits per heavy atom. The molecule has 6 heteroatoms. The second-order valence-electron chi connectivity index (χ2n) is 5.60. The van der Waals surface area contributed by atoms with Crippen LogP contribution in [0.5, 0.6) is 0 Å². The fourth-order valence-electron chi connectivity index (χ4n) is 2.62. The van der Waals surface area contributed by atoms with Crippen molar-refractivity contribution < 1.29 is 9.18 Å². The number of amides is 1. The minimum atomic E-state index is -0.279. The molecule has 1 amide bonds. The van der Waals surface area contributed by atoms with Crippen LogP contribution in [0.25, 0.3) is 5.69 Å². The first-order chi connectivity index (χ1) is 10.6. The average Bonchev–Trinajstić information content (AvgIpc) is 2.96. The summed E-state index contributed by atoms with van der Waals surface area (Å²) in [5, 5.41) is 7.71. The van der Waals surface area contributed by atoms with Crippen LogP contribution in [0, 0.1) is 5.82 Å². The fraction of sp³-hybridized carbons (Fsp3) is 0.375. The SMILES string of the molecule is C[C@@H]1CN(C(=O)Cc2ccn(-c3ccc(F)cc3)n2)CCN1. The number of nitrogens with zero attached hydrogens (tertiary/aromatic N) is 3. The zero-order valence-corrected chi connectivity index (χ0v) is 12.5. The summed E-state index contributed by atoms with van der Waals surface area (Å²) in [6.45, 7) is 4.37. The van der Waals surface area contributed by atoms with Gasteiger partial charge >= 0.3 is 0 Å². The quantitative estimate of drug-likeness (QED) is 0.932. The molecule has 1 aliphatic heterocycles. The van der Waals surface area contributed by atoms with E-state index in [1.165, 1.54) is 12.1 Å². The van der Waals surface area contributed by atoms with Gasteiger partial charge in [0.05, 0.1) is 17.8 Å². The van der Waals surface area contributed by atoms with E-state index in [-0.39, 0.29) is 11.7 Å². The van der Waals surface area contributed by atoms with Crippen LogP contribution in [-0.2, 0) is 11.2 Å². The molecule has 2 heterocycles. The van der Waals surface area contributed by atoms with Gasteiger partial charge in [0, 0.05) is 31.9 Å². The third kappa shape index (κ3) is 3.33. The predicted octanol–water partition coefficient (Wildman–Crippen LogP) is 1.37. The Kier molecular flexibility index (Phi) is 4.20. The van der Waals surface area contributed by atoms with Gasteiger partial charge < -0.3 is 10.2 Å². The first-order valence-electron chi connectivity index (χ1n) is 7.43. The number of hydrogen-bond donors (Lipinski definition) is 1. The van der Waals surface area contributed by atoms with E-state index in [4.69, 9.17) is 0 Å². The van der Waals surface area contributed by atoms with Crippen molar-refractivity contribution in [2.75, 3.05) is 19.6 Å². The first-order valence-corrected chi connectivity index (χ1v) is 7.43. The Labute approximate surface area is 128 Å². The molecule has 2 aromatic rings. The van der Waals surface area contributed by atoms with Gasteiger partial charge in [-0.3, -0.25) is 4.79 Å². The second-order valence-corrected chi connectivity index (χ2v) is 5.60. The highest BCUT2D eigenvalue weighted by atomic mass is 19.1. The molecule has 0 radical (unpaired) electrons. The van der Waals surface area contributed by atoms with Crippen LogP contribution < -0.4 is 5.32 Å². The van der Waals surface area contributed by atoms with Crippen LogP contribution in [0.2, 0.25) is 0 Å². The minimum Gasteiger partial charge on any atom is -0.340 e. The summed E-state index contributed by atoms with van der Waals surface area (Å²) in [6.07, 6.45) is 2.08. The Balaban J connectivity index is 1.66. The molecule has 0 unspecified atom stereocenters. The van der Waals surface area contributed by atoms with Gasteiger partial charge in [-0.2, -0.15) is 5.10 Å². The Morgan fingerprint density at radius 3 is 2.86 bits per heavy atom. The van der Waals surface area contributed by atoms with Crippen molar-refractivity contribution in [1.82, 2.24) is 20.0 Å². The van der Waals surface area contributed by atoms with Gasteiger partial charge in [-0.15, -0.1) is 0 Å². The monoisotopic (exact) mass is 302 g/mol. The van der Waals surface area contributed by atoms with E-state index in [1.54, 1.807) is 23.0 Å². The Hall–Kier alpha value is -2.21. The van der Waals surface area contributed by atoms with Crippen molar-refractivity contribution in [2.45, 2.75) is 19.4 Å². The first kappa shape index (κ1) is 14.7. The van der Waals surface area contributed by atoms with Crippen LogP contribution >= 0.6 is 0 Å². The molecule has 1 aromatic heterocycles. The highest BCUT2D eigenvalue weighted by Crippen LogP contribution is 2.10. The molecular weight excluding hydrogens is 283 g/mol. The van der Waals surface area contributed by atoms with Crippen molar-refractivity contribution in [2.24, 2.45) is 0 Å². The van der Waals surface area contributed by atoms with Crippen LogP contribution in [0.1, 0.15) is 12.6 Å². The maximum absolute atomic E-state index is 12.9. The van der Waals surface area contributed by atoms with Crippen LogP contribution in [0.15, 0.2) is 36.5 Å². The topological polar surface area (TPSA) is 50.2 Å². The largest absolute Gasteiger partial charge is 0.340 e. The molecule has 1 aromatic carbocycles. The van der Waals surface area contributed by atoms with Crippen molar-refractivity contribution >= 4 is 5.91 Å². The summed E-state index contributed by atoms with van der Waals surface area (Å²) in [4.78, 5) is 14.2. The zero-order chi connectivity index (χ0) is 15.5. The molecular formula is C16H19FN4O. The minimum absolute atomic E-state index is 0.0951. The van der Waals surface area contributed by atoms with E-state index in [1.807, 2.05) is 11.0 Å². The number of hydrogen-bond acceptors (Lipinski definition) is 3. The summed E-state index contributed by atoms with van der Waals surface area (Å²) in [5.74, 6) is -0.183. The Bertz CT molecular complexity index is 652. The van der Waals surface area contributed by atoms with E-state index in [2.05, 4.69) is 17.3 Å². The molecule has 1 N–H and O–H groups in total. The molecule has 1 aliphatic rings. The molecule has 0 spiro atoms. The number of halogens is 1. The molecule has 1 saturated heterocycles. The van der Waals surface area contributed by atoms with Gasteiger partial charge in [0.15, 0.2) is 0 Å². The summed E-state index contributed by atoms with van der Waals surface area (Å²) in [5.41, 5.74) is 1.50. The lowest BCUT2D eigenvalue weighted by molar-refractivity contribution is -0.131. The summed E-state index contributed by atoms with van der Waals surface area (Å²) >= 11 is 0. The second kappa shape index (κ2) is 6.27. The standard InChI is InChI=1S/C16H19FN4O/c1-12-11-20(9-7-18-12)16(22)10-14-6-8-21(19-14)15-4-2-13(17)3-5-15/h2-6,8,12,18H,7,9-11H2,1H3/t12-/m1/s1. The number of aromatic nitrogens is 2. The fourth-order valence-corrected chi connectivity index (χ4v) is 2.62. The molecule has 0 aliphatic carbocycles. The van der Waals surface area contributed by atoms with Crippen LogP contribution in [-0.4, -0.2) is 46.3 Å². The van der Waals surface area contributed by atoms with Crippen molar-refractivity contribution in [3.05, 3.63) is 48.0 Å².